The average Bonchev–Trinajstić information content (AvgIpc) is 3.30. The van der Waals surface area contributed by atoms with Crippen LogP contribution < -0.4 is 16.0 Å². The number of carbonyl (C=O) groups excluding carboxylic acids is 2. The summed E-state index contributed by atoms with van der Waals surface area (Å²) in [7, 11) is 0. The van der Waals surface area contributed by atoms with Crippen LogP contribution in [0.3, 0.4) is 0 Å². The van der Waals surface area contributed by atoms with E-state index in [1.807, 2.05) is 91.5 Å². The van der Waals surface area contributed by atoms with Crippen molar-refractivity contribution in [3.63, 3.8) is 0 Å². The Kier molecular flexibility index (Phi) is 8.13. The molecular formula is C29H31N5O2. The summed E-state index contributed by atoms with van der Waals surface area (Å²) in [6.07, 6.45) is 1.97. The first-order chi connectivity index (χ1) is 17.5. The summed E-state index contributed by atoms with van der Waals surface area (Å²) in [4.78, 5) is 25.6. The van der Waals surface area contributed by atoms with Crippen LogP contribution >= 0.6 is 0 Å². The maximum atomic E-state index is 13.1. The molecule has 0 aliphatic heterocycles. The molecule has 0 radical (unpaired) electrons. The molecule has 3 aromatic carbocycles. The highest BCUT2D eigenvalue weighted by atomic mass is 16.2. The molecule has 7 heteroatoms. The molecule has 1 atom stereocenters. The fourth-order valence-electron chi connectivity index (χ4n) is 3.94. The Bertz CT molecular complexity index is 1270. The van der Waals surface area contributed by atoms with E-state index in [9.17, 15) is 9.59 Å². The number of aromatic nitrogens is 2. The van der Waals surface area contributed by atoms with Crippen LogP contribution in [0.25, 0.3) is 11.3 Å². The van der Waals surface area contributed by atoms with Crippen molar-refractivity contribution >= 4 is 17.6 Å². The maximum absolute atomic E-state index is 13.1. The predicted octanol–water partition coefficient (Wildman–Crippen LogP) is 5.06. The second-order valence-electron chi connectivity index (χ2n) is 8.96. The molecule has 1 heterocycles. The second kappa shape index (κ2) is 11.8. The fourth-order valence-corrected chi connectivity index (χ4v) is 3.94. The predicted molar refractivity (Wildman–Crippen MR) is 142 cm³/mol. The van der Waals surface area contributed by atoms with Crippen LogP contribution in [0, 0.1) is 5.92 Å². The number of para-hydroxylation sites is 1. The molecule has 7 nitrogen and oxygen atoms in total. The molecule has 1 unspecified atom stereocenters. The number of rotatable bonds is 9. The first-order valence-electron chi connectivity index (χ1n) is 12.1. The zero-order valence-electron chi connectivity index (χ0n) is 20.5. The van der Waals surface area contributed by atoms with E-state index >= 15 is 0 Å². The number of benzene rings is 3. The van der Waals surface area contributed by atoms with E-state index in [-0.39, 0.29) is 11.8 Å². The van der Waals surface area contributed by atoms with Gasteiger partial charge in [-0.15, -0.1) is 0 Å². The Hall–Kier alpha value is -4.39. The van der Waals surface area contributed by atoms with Gasteiger partial charge in [0.15, 0.2) is 0 Å². The number of urea groups is 1. The summed E-state index contributed by atoms with van der Waals surface area (Å²) in [5, 5.41) is 13.4. The number of hydrogen-bond donors (Lipinski definition) is 3. The largest absolute Gasteiger partial charge is 0.350 e. The van der Waals surface area contributed by atoms with Crippen LogP contribution in [0.1, 0.15) is 25.0 Å². The number of anilines is 1. The van der Waals surface area contributed by atoms with E-state index in [2.05, 4.69) is 28.1 Å². The van der Waals surface area contributed by atoms with Gasteiger partial charge in [-0.05, 0) is 23.6 Å². The Morgan fingerprint density at radius 1 is 0.861 bits per heavy atom. The summed E-state index contributed by atoms with van der Waals surface area (Å²) >= 11 is 0. The molecule has 4 aromatic rings. The molecule has 36 heavy (non-hydrogen) atoms. The zero-order valence-corrected chi connectivity index (χ0v) is 20.5. The van der Waals surface area contributed by atoms with Crippen LogP contribution in [-0.4, -0.2) is 27.8 Å². The smallest absolute Gasteiger partial charge is 0.319 e. The second-order valence-corrected chi connectivity index (χ2v) is 8.96. The molecular weight excluding hydrogens is 450 g/mol. The summed E-state index contributed by atoms with van der Waals surface area (Å²) in [6.45, 7) is 4.73. The van der Waals surface area contributed by atoms with Gasteiger partial charge in [-0.3, -0.25) is 9.48 Å². The Morgan fingerprint density at radius 2 is 1.47 bits per heavy atom. The maximum Gasteiger partial charge on any atom is 0.319 e. The van der Waals surface area contributed by atoms with E-state index in [1.165, 1.54) is 0 Å². The number of carbonyl (C=O) groups is 2. The Balaban J connectivity index is 1.46. The molecule has 184 valence electrons. The molecule has 0 saturated heterocycles. The van der Waals surface area contributed by atoms with E-state index in [4.69, 9.17) is 5.10 Å². The molecule has 4 rings (SSSR count). The van der Waals surface area contributed by atoms with E-state index in [0.717, 1.165) is 22.4 Å². The summed E-state index contributed by atoms with van der Waals surface area (Å²) in [6, 6.07) is 28.1. The molecule has 0 aliphatic carbocycles. The minimum absolute atomic E-state index is 0.0964. The SMILES string of the molecule is CC(C)C(NC(=O)Nc1ccccc1)C(=O)NCc1cn(Cc2ccccc2)nc1-c1ccccc1. The third kappa shape index (κ3) is 6.60. The van der Waals surface area contributed by atoms with Gasteiger partial charge in [-0.25, -0.2) is 4.79 Å². The lowest BCUT2D eigenvalue weighted by Crippen LogP contribution is -2.50. The zero-order chi connectivity index (χ0) is 25.3. The monoisotopic (exact) mass is 481 g/mol. The van der Waals surface area contributed by atoms with Gasteiger partial charge in [-0.1, -0.05) is 92.7 Å². The van der Waals surface area contributed by atoms with E-state index < -0.39 is 12.1 Å². The molecule has 0 saturated carbocycles. The van der Waals surface area contributed by atoms with Crippen molar-refractivity contribution in [3.8, 4) is 11.3 Å². The minimum atomic E-state index is -0.687. The van der Waals surface area contributed by atoms with Crippen molar-refractivity contribution in [2.24, 2.45) is 5.92 Å². The number of hydrogen-bond acceptors (Lipinski definition) is 3. The highest BCUT2D eigenvalue weighted by Crippen LogP contribution is 2.22. The molecule has 1 aromatic heterocycles. The van der Waals surface area contributed by atoms with Crippen LogP contribution in [0.5, 0.6) is 0 Å². The lowest BCUT2D eigenvalue weighted by Gasteiger charge is -2.22. The third-order valence-corrected chi connectivity index (χ3v) is 5.79. The van der Waals surface area contributed by atoms with Gasteiger partial charge in [0.25, 0.3) is 0 Å². The minimum Gasteiger partial charge on any atom is -0.350 e. The fraction of sp³-hybridized carbons (Fsp3) is 0.207. The Labute approximate surface area is 211 Å². The van der Waals surface area contributed by atoms with Crippen molar-refractivity contribution in [1.82, 2.24) is 20.4 Å². The van der Waals surface area contributed by atoms with E-state index in [0.29, 0.717) is 18.8 Å². The van der Waals surface area contributed by atoms with Crippen LogP contribution in [0.4, 0.5) is 10.5 Å². The van der Waals surface area contributed by atoms with Gasteiger partial charge in [0.05, 0.1) is 12.2 Å². The van der Waals surface area contributed by atoms with E-state index in [1.54, 1.807) is 12.1 Å². The highest BCUT2D eigenvalue weighted by molar-refractivity contribution is 5.93. The summed E-state index contributed by atoms with van der Waals surface area (Å²) in [5.74, 6) is -0.344. The number of nitrogens with zero attached hydrogens (tertiary/aromatic N) is 2. The first-order valence-corrected chi connectivity index (χ1v) is 12.1. The number of nitrogens with one attached hydrogen (secondary N) is 3. The molecule has 0 spiro atoms. The summed E-state index contributed by atoms with van der Waals surface area (Å²) < 4.78 is 1.89. The van der Waals surface area contributed by atoms with Gasteiger partial charge in [-0.2, -0.15) is 5.10 Å². The molecule has 3 N–H and O–H groups in total. The Morgan fingerprint density at radius 3 is 2.11 bits per heavy atom. The lowest BCUT2D eigenvalue weighted by atomic mass is 10.0. The van der Waals surface area contributed by atoms with Gasteiger partial charge in [0.2, 0.25) is 5.91 Å². The van der Waals surface area contributed by atoms with Crippen molar-refractivity contribution in [2.45, 2.75) is 33.0 Å². The number of amides is 3. The molecule has 0 bridgehead atoms. The van der Waals surface area contributed by atoms with Crippen molar-refractivity contribution < 1.29 is 9.59 Å². The lowest BCUT2D eigenvalue weighted by molar-refractivity contribution is -0.124. The average molecular weight is 482 g/mol. The quantitative estimate of drug-likeness (QED) is 0.312. The highest BCUT2D eigenvalue weighted by Gasteiger charge is 2.24. The van der Waals surface area contributed by atoms with Crippen LogP contribution in [-0.2, 0) is 17.9 Å². The molecule has 0 fully saturated rings. The van der Waals surface area contributed by atoms with Gasteiger partial charge in [0.1, 0.15) is 6.04 Å². The van der Waals surface area contributed by atoms with Crippen molar-refractivity contribution in [2.75, 3.05) is 5.32 Å². The third-order valence-electron chi connectivity index (χ3n) is 5.79. The molecule has 0 aliphatic rings. The first kappa shape index (κ1) is 24.7. The normalized spacial score (nSPS) is 11.6. The summed E-state index contributed by atoms with van der Waals surface area (Å²) in [5.41, 5.74) is 4.51. The topological polar surface area (TPSA) is 88.0 Å². The standard InChI is InChI=1S/C29H31N5O2/c1-21(2)26(32-29(36)31-25-16-10-5-11-17-25)28(35)30-18-24-20-34(19-22-12-6-3-7-13-22)33-27(24)23-14-8-4-9-15-23/h3-17,20-21,26H,18-19H2,1-2H3,(H,30,35)(H2,31,32,36). The van der Waals surface area contributed by atoms with Gasteiger partial charge < -0.3 is 16.0 Å². The van der Waals surface area contributed by atoms with Gasteiger partial charge >= 0.3 is 6.03 Å². The van der Waals surface area contributed by atoms with Crippen LogP contribution in [0.2, 0.25) is 0 Å². The van der Waals surface area contributed by atoms with Crippen molar-refractivity contribution in [3.05, 3.63) is 108 Å². The van der Waals surface area contributed by atoms with Crippen molar-refractivity contribution in [1.29, 1.82) is 0 Å². The van der Waals surface area contributed by atoms with Crippen LogP contribution in [0.15, 0.2) is 97.2 Å². The van der Waals surface area contributed by atoms with Gasteiger partial charge in [0, 0.05) is 29.6 Å². The molecule has 3 amide bonds.